The summed E-state index contributed by atoms with van der Waals surface area (Å²) in [5, 5.41) is 3.44. The first-order valence-electron chi connectivity index (χ1n) is 8.04. The van der Waals surface area contributed by atoms with Crippen molar-refractivity contribution in [2.45, 2.75) is 11.6 Å². The number of hydrogen-bond acceptors (Lipinski definition) is 5. The number of amides is 2. The van der Waals surface area contributed by atoms with Crippen molar-refractivity contribution in [1.82, 2.24) is 15.2 Å². The van der Waals surface area contributed by atoms with Crippen molar-refractivity contribution < 1.29 is 18.7 Å². The zero-order valence-electron chi connectivity index (χ0n) is 14.2. The molecule has 1 aliphatic heterocycles. The topological polar surface area (TPSA) is 71.5 Å². The van der Waals surface area contributed by atoms with Gasteiger partial charge in [0.1, 0.15) is 16.6 Å². The number of carbonyl (C=O) groups is 2. The Morgan fingerprint density at radius 2 is 2.27 bits per heavy atom. The molecule has 8 heteroatoms. The normalized spacial score (nSPS) is 13.6. The predicted octanol–water partition coefficient (Wildman–Crippen LogP) is 2.09. The Kier molecular flexibility index (Phi) is 5.72. The van der Waals surface area contributed by atoms with Crippen LogP contribution < -0.4 is 10.1 Å². The molecule has 1 N–H and O–H groups in total. The van der Waals surface area contributed by atoms with E-state index in [1.165, 1.54) is 30.0 Å². The first kappa shape index (κ1) is 18.2. The molecule has 1 aliphatic rings. The van der Waals surface area contributed by atoms with Crippen molar-refractivity contribution in [3.8, 4) is 5.75 Å². The maximum atomic E-state index is 13.4. The Labute approximate surface area is 154 Å². The summed E-state index contributed by atoms with van der Waals surface area (Å²) in [6.07, 6.45) is 3.49. The summed E-state index contributed by atoms with van der Waals surface area (Å²) >= 11 is 1.39. The number of nitrogens with one attached hydrogen (secondary N) is 1. The van der Waals surface area contributed by atoms with Gasteiger partial charge in [-0.25, -0.2) is 9.37 Å². The number of fused-ring (bicyclic) bond motifs is 1. The minimum Gasteiger partial charge on any atom is -0.483 e. The van der Waals surface area contributed by atoms with Gasteiger partial charge < -0.3 is 15.0 Å². The second-order valence-electron chi connectivity index (χ2n) is 5.67. The van der Waals surface area contributed by atoms with Gasteiger partial charge >= 0.3 is 0 Å². The Balaban J connectivity index is 1.62. The molecule has 3 rings (SSSR count). The van der Waals surface area contributed by atoms with Crippen molar-refractivity contribution in [2.24, 2.45) is 0 Å². The van der Waals surface area contributed by atoms with Gasteiger partial charge in [-0.05, 0) is 36.6 Å². The molecule has 2 heterocycles. The van der Waals surface area contributed by atoms with Crippen LogP contribution in [-0.2, 0) is 11.3 Å². The van der Waals surface area contributed by atoms with E-state index in [4.69, 9.17) is 4.74 Å². The van der Waals surface area contributed by atoms with Crippen LogP contribution in [0.2, 0.25) is 0 Å². The van der Waals surface area contributed by atoms with Crippen LogP contribution in [0.25, 0.3) is 0 Å². The minimum absolute atomic E-state index is 0.105. The number of pyridine rings is 1. The molecule has 26 heavy (non-hydrogen) atoms. The van der Waals surface area contributed by atoms with E-state index < -0.39 is 0 Å². The third-order valence-electron chi connectivity index (χ3n) is 3.96. The van der Waals surface area contributed by atoms with Crippen LogP contribution in [-0.4, -0.2) is 47.7 Å². The molecule has 0 bridgehead atoms. The number of benzene rings is 1. The molecule has 6 nitrogen and oxygen atoms in total. The van der Waals surface area contributed by atoms with E-state index in [-0.39, 0.29) is 37.3 Å². The van der Waals surface area contributed by atoms with Gasteiger partial charge in [0.25, 0.3) is 11.8 Å². The highest BCUT2D eigenvalue weighted by molar-refractivity contribution is 7.98. The zero-order valence-corrected chi connectivity index (χ0v) is 15.0. The van der Waals surface area contributed by atoms with Crippen LogP contribution in [0.4, 0.5) is 4.39 Å². The van der Waals surface area contributed by atoms with Crippen molar-refractivity contribution in [1.29, 1.82) is 0 Å². The van der Waals surface area contributed by atoms with Gasteiger partial charge in [-0.1, -0.05) is 0 Å². The molecular weight excluding hydrogens is 357 g/mol. The molecule has 2 aromatic rings. The summed E-state index contributed by atoms with van der Waals surface area (Å²) in [7, 11) is 0. The number of carbonyl (C=O) groups excluding carboxylic acids is 2. The van der Waals surface area contributed by atoms with E-state index in [0.29, 0.717) is 28.4 Å². The number of nitrogens with zero attached hydrogens (tertiary/aromatic N) is 2. The Morgan fingerprint density at radius 1 is 1.42 bits per heavy atom. The zero-order chi connectivity index (χ0) is 18.5. The summed E-state index contributed by atoms with van der Waals surface area (Å²) in [6.45, 7) is 0.716. The van der Waals surface area contributed by atoms with Gasteiger partial charge in [0.15, 0.2) is 6.61 Å². The van der Waals surface area contributed by atoms with E-state index in [2.05, 4.69) is 10.3 Å². The lowest BCUT2D eigenvalue weighted by Gasteiger charge is -2.20. The minimum atomic E-state index is -0.379. The monoisotopic (exact) mass is 375 g/mol. The first-order chi connectivity index (χ1) is 12.6. The number of thioether (sulfide) groups is 1. The molecule has 0 atom stereocenters. The molecule has 2 amide bonds. The largest absolute Gasteiger partial charge is 0.483 e. The highest BCUT2D eigenvalue weighted by Crippen LogP contribution is 2.24. The standard InChI is InChI=1S/C18H18FN3O3S/c1-26-18-14(3-2-6-21-18)17(24)20-7-8-22-10-12-9-13(19)4-5-15(12)25-11-16(22)23/h2-6,9H,7-8,10-11H2,1H3,(H,20,24). The molecule has 0 saturated carbocycles. The van der Waals surface area contributed by atoms with Gasteiger partial charge in [-0.3, -0.25) is 9.59 Å². The van der Waals surface area contributed by atoms with Crippen LogP contribution in [0.3, 0.4) is 0 Å². The fraction of sp³-hybridized carbons (Fsp3) is 0.278. The second kappa shape index (κ2) is 8.18. The lowest BCUT2D eigenvalue weighted by Crippen LogP contribution is -2.39. The molecule has 0 radical (unpaired) electrons. The number of rotatable bonds is 5. The maximum Gasteiger partial charge on any atom is 0.260 e. The maximum absolute atomic E-state index is 13.4. The van der Waals surface area contributed by atoms with Gasteiger partial charge in [0, 0.05) is 31.4 Å². The fourth-order valence-corrected chi connectivity index (χ4v) is 3.21. The molecular formula is C18H18FN3O3S. The van der Waals surface area contributed by atoms with E-state index >= 15 is 0 Å². The van der Waals surface area contributed by atoms with Crippen molar-refractivity contribution >= 4 is 23.6 Å². The Hall–Kier alpha value is -2.61. The fourth-order valence-electron chi connectivity index (χ4n) is 2.67. The van der Waals surface area contributed by atoms with Gasteiger partial charge in [0.2, 0.25) is 0 Å². The summed E-state index contributed by atoms with van der Waals surface area (Å²) in [5.41, 5.74) is 1.11. The van der Waals surface area contributed by atoms with Gasteiger partial charge in [-0.2, -0.15) is 0 Å². The Morgan fingerprint density at radius 3 is 3.08 bits per heavy atom. The smallest absolute Gasteiger partial charge is 0.260 e. The highest BCUT2D eigenvalue weighted by Gasteiger charge is 2.22. The number of hydrogen-bond donors (Lipinski definition) is 1. The van der Waals surface area contributed by atoms with Crippen LogP contribution in [0.1, 0.15) is 15.9 Å². The second-order valence-corrected chi connectivity index (χ2v) is 6.47. The summed E-state index contributed by atoms with van der Waals surface area (Å²) in [5.74, 6) is -0.322. The molecule has 0 unspecified atom stereocenters. The van der Waals surface area contributed by atoms with E-state index in [1.54, 1.807) is 23.2 Å². The molecule has 0 fully saturated rings. The average molecular weight is 375 g/mol. The molecule has 1 aromatic carbocycles. The third kappa shape index (κ3) is 4.13. The molecule has 0 aliphatic carbocycles. The average Bonchev–Trinajstić information content (AvgIpc) is 2.80. The SMILES string of the molecule is CSc1ncccc1C(=O)NCCN1Cc2cc(F)ccc2OCC1=O. The third-order valence-corrected chi connectivity index (χ3v) is 4.68. The van der Waals surface area contributed by atoms with E-state index in [0.717, 1.165) is 0 Å². The molecule has 1 aromatic heterocycles. The number of halogens is 1. The van der Waals surface area contributed by atoms with E-state index in [9.17, 15) is 14.0 Å². The lowest BCUT2D eigenvalue weighted by atomic mass is 10.2. The van der Waals surface area contributed by atoms with Crippen LogP contribution in [0.15, 0.2) is 41.6 Å². The van der Waals surface area contributed by atoms with E-state index in [1.807, 2.05) is 6.26 Å². The predicted molar refractivity (Wildman–Crippen MR) is 95.7 cm³/mol. The van der Waals surface area contributed by atoms with Crippen molar-refractivity contribution in [2.75, 3.05) is 26.0 Å². The number of aromatic nitrogens is 1. The van der Waals surface area contributed by atoms with Crippen LogP contribution in [0, 0.1) is 5.82 Å². The molecule has 0 saturated heterocycles. The Bertz CT molecular complexity index is 831. The highest BCUT2D eigenvalue weighted by atomic mass is 32.2. The van der Waals surface area contributed by atoms with Crippen molar-refractivity contribution in [3.05, 3.63) is 53.5 Å². The molecule has 136 valence electrons. The summed E-state index contributed by atoms with van der Waals surface area (Å²) in [6, 6.07) is 7.60. The lowest BCUT2D eigenvalue weighted by molar-refractivity contribution is -0.133. The first-order valence-corrected chi connectivity index (χ1v) is 9.27. The summed E-state index contributed by atoms with van der Waals surface area (Å²) < 4.78 is 18.9. The van der Waals surface area contributed by atoms with Crippen LogP contribution >= 0.6 is 11.8 Å². The number of ether oxygens (including phenoxy) is 1. The van der Waals surface area contributed by atoms with Crippen LogP contribution in [0.5, 0.6) is 5.75 Å². The quantitative estimate of drug-likeness (QED) is 0.811. The van der Waals surface area contributed by atoms with Crippen molar-refractivity contribution in [3.63, 3.8) is 0 Å². The summed E-state index contributed by atoms with van der Waals surface area (Å²) in [4.78, 5) is 30.2. The van der Waals surface area contributed by atoms with Gasteiger partial charge in [0.05, 0.1) is 5.56 Å². The van der Waals surface area contributed by atoms with Gasteiger partial charge in [-0.15, -0.1) is 11.8 Å². The molecule has 0 spiro atoms.